The average Bonchev–Trinajstić information content (AvgIpc) is 2.29. The first-order chi connectivity index (χ1) is 8.70. The first-order valence-electron chi connectivity index (χ1n) is 6.06. The number of allylic oxidation sites excluding steroid dienone is 1. The summed E-state index contributed by atoms with van der Waals surface area (Å²) < 4.78 is 0. The van der Waals surface area contributed by atoms with Crippen molar-refractivity contribution in [2.45, 2.75) is 27.7 Å². The van der Waals surface area contributed by atoms with E-state index in [1.807, 2.05) is 39.8 Å². The first kappa shape index (κ1) is 15.0. The fourth-order valence-corrected chi connectivity index (χ4v) is 1.26. The summed E-state index contributed by atoms with van der Waals surface area (Å²) in [7, 11) is 0. The number of carbonyl (C=O) groups is 1. The smallest absolute Gasteiger partial charge is 0.354 e. The van der Waals surface area contributed by atoms with E-state index in [0.717, 1.165) is 5.56 Å². The van der Waals surface area contributed by atoms with Crippen LogP contribution in [0.25, 0.3) is 0 Å². The van der Waals surface area contributed by atoms with Gasteiger partial charge in [-0.15, -0.1) is 0 Å². The third-order valence-electron chi connectivity index (χ3n) is 2.66. The zero-order valence-electron chi connectivity index (χ0n) is 11.8. The second kappa shape index (κ2) is 5.69. The number of hydrogen-bond donors (Lipinski definition) is 2. The maximum atomic E-state index is 11.2. The second-order valence-corrected chi connectivity index (χ2v) is 5.49. The van der Waals surface area contributed by atoms with Gasteiger partial charge in [0.15, 0.2) is 5.71 Å². The number of nitrogens with zero attached hydrogens (tertiary/aromatic N) is 1. The van der Waals surface area contributed by atoms with Crippen molar-refractivity contribution in [2.24, 2.45) is 16.1 Å². The van der Waals surface area contributed by atoms with E-state index in [0.29, 0.717) is 11.4 Å². The van der Waals surface area contributed by atoms with Crippen molar-refractivity contribution in [3.8, 4) is 0 Å². The maximum Gasteiger partial charge on any atom is 0.354 e. The lowest BCUT2D eigenvalue weighted by molar-refractivity contribution is -0.129. The van der Waals surface area contributed by atoms with Crippen LogP contribution in [0.5, 0.6) is 0 Å². The number of aryl methyl sites for hydroxylation is 1. The van der Waals surface area contributed by atoms with Crippen LogP contribution in [0.3, 0.4) is 0 Å². The number of rotatable bonds is 3. The third kappa shape index (κ3) is 4.58. The highest BCUT2D eigenvalue weighted by Gasteiger charge is 2.16. The highest BCUT2D eigenvalue weighted by Crippen LogP contribution is 2.21. The van der Waals surface area contributed by atoms with Crippen molar-refractivity contribution in [1.82, 2.24) is 0 Å². The molecular weight excluding hydrogens is 240 g/mol. The molecule has 0 radical (unpaired) electrons. The second-order valence-electron chi connectivity index (χ2n) is 5.49. The minimum absolute atomic E-state index is 0.0590. The predicted octanol–water partition coefficient (Wildman–Crippen LogP) is 3.04. The number of aliphatic carboxylic acids is 1. The number of aliphatic imine (C=N–C) groups is 1. The Balaban J connectivity index is 3.15. The molecule has 3 N–H and O–H groups in total. The summed E-state index contributed by atoms with van der Waals surface area (Å²) >= 11 is 0. The molecule has 0 spiro atoms. The molecule has 0 aromatic heterocycles. The van der Waals surface area contributed by atoms with E-state index < -0.39 is 5.97 Å². The van der Waals surface area contributed by atoms with Crippen LogP contribution in [-0.4, -0.2) is 16.8 Å². The summed E-state index contributed by atoms with van der Waals surface area (Å²) in [6, 6.07) is 7.32. The summed E-state index contributed by atoms with van der Waals surface area (Å²) in [4.78, 5) is 15.3. The van der Waals surface area contributed by atoms with Gasteiger partial charge in [-0.05, 0) is 25.1 Å². The van der Waals surface area contributed by atoms with Gasteiger partial charge < -0.3 is 10.8 Å². The number of nitrogens with two attached hydrogens (primary N) is 1. The molecule has 1 aromatic rings. The SMILES string of the molecule is Cc1ccc(N=C(C=C(N)C(C)(C)C)C(=O)O)cc1. The van der Waals surface area contributed by atoms with E-state index in [2.05, 4.69) is 4.99 Å². The molecule has 102 valence electrons. The van der Waals surface area contributed by atoms with Crippen molar-refractivity contribution < 1.29 is 9.90 Å². The van der Waals surface area contributed by atoms with Crippen molar-refractivity contribution in [1.29, 1.82) is 0 Å². The molecule has 0 bridgehead atoms. The lowest BCUT2D eigenvalue weighted by atomic mass is 9.91. The number of hydrogen-bond acceptors (Lipinski definition) is 3. The molecule has 0 fully saturated rings. The minimum atomic E-state index is -1.09. The Hall–Kier alpha value is -2.10. The molecule has 0 heterocycles. The van der Waals surface area contributed by atoms with E-state index in [1.165, 1.54) is 6.08 Å². The van der Waals surface area contributed by atoms with Gasteiger partial charge in [0.05, 0.1) is 5.69 Å². The largest absolute Gasteiger partial charge is 0.477 e. The highest BCUT2D eigenvalue weighted by molar-refractivity contribution is 6.41. The van der Waals surface area contributed by atoms with E-state index in [-0.39, 0.29) is 11.1 Å². The van der Waals surface area contributed by atoms with Crippen molar-refractivity contribution in [2.75, 3.05) is 0 Å². The van der Waals surface area contributed by atoms with Crippen molar-refractivity contribution in [3.05, 3.63) is 41.6 Å². The first-order valence-corrected chi connectivity index (χ1v) is 6.06. The minimum Gasteiger partial charge on any atom is -0.477 e. The van der Waals surface area contributed by atoms with Crippen LogP contribution in [-0.2, 0) is 4.79 Å². The standard InChI is InChI=1S/C15H20N2O2/c1-10-5-7-11(8-6-10)17-12(14(18)19)9-13(16)15(2,3)4/h5-9H,16H2,1-4H3,(H,18,19). The molecule has 0 aliphatic heterocycles. The molecule has 0 amide bonds. The Morgan fingerprint density at radius 2 is 1.79 bits per heavy atom. The molecule has 0 saturated carbocycles. The molecular formula is C15H20N2O2. The average molecular weight is 260 g/mol. The highest BCUT2D eigenvalue weighted by atomic mass is 16.4. The molecule has 0 aliphatic rings. The van der Waals surface area contributed by atoms with Crippen LogP contribution in [0.15, 0.2) is 41.0 Å². The van der Waals surface area contributed by atoms with Gasteiger partial charge in [0, 0.05) is 11.1 Å². The van der Waals surface area contributed by atoms with E-state index in [9.17, 15) is 9.90 Å². The molecule has 0 saturated heterocycles. The molecule has 1 rings (SSSR count). The molecule has 1 aromatic carbocycles. The number of carboxylic acid groups (broad SMARTS) is 1. The normalized spacial score (nSPS) is 13.5. The Kier molecular flexibility index (Phi) is 4.48. The molecule has 4 heteroatoms. The lowest BCUT2D eigenvalue weighted by Gasteiger charge is -2.18. The fourth-order valence-electron chi connectivity index (χ4n) is 1.26. The van der Waals surface area contributed by atoms with Crippen LogP contribution in [0.4, 0.5) is 5.69 Å². The number of carboxylic acids is 1. The zero-order valence-corrected chi connectivity index (χ0v) is 11.8. The Labute approximate surface area is 113 Å². The van der Waals surface area contributed by atoms with Crippen molar-refractivity contribution >= 4 is 17.4 Å². The van der Waals surface area contributed by atoms with Crippen molar-refractivity contribution in [3.63, 3.8) is 0 Å². The van der Waals surface area contributed by atoms with Gasteiger partial charge in [0.25, 0.3) is 0 Å². The van der Waals surface area contributed by atoms with Crippen LogP contribution < -0.4 is 5.73 Å². The fraction of sp³-hybridized carbons (Fsp3) is 0.333. The Bertz CT molecular complexity index is 520. The monoisotopic (exact) mass is 260 g/mol. The van der Waals surface area contributed by atoms with Crippen LogP contribution in [0, 0.1) is 12.3 Å². The molecule has 4 nitrogen and oxygen atoms in total. The van der Waals surface area contributed by atoms with Crippen LogP contribution in [0.2, 0.25) is 0 Å². The topological polar surface area (TPSA) is 75.7 Å². The molecule has 0 atom stereocenters. The van der Waals surface area contributed by atoms with Crippen LogP contribution >= 0.6 is 0 Å². The quantitative estimate of drug-likeness (QED) is 0.820. The Morgan fingerprint density at radius 1 is 1.26 bits per heavy atom. The maximum absolute atomic E-state index is 11.2. The summed E-state index contributed by atoms with van der Waals surface area (Å²) in [5.41, 5.74) is 7.72. The third-order valence-corrected chi connectivity index (χ3v) is 2.66. The van der Waals surface area contributed by atoms with Gasteiger partial charge in [0.2, 0.25) is 0 Å². The van der Waals surface area contributed by atoms with Gasteiger partial charge in [-0.2, -0.15) is 0 Å². The summed E-state index contributed by atoms with van der Waals surface area (Å²) in [6.45, 7) is 7.72. The van der Waals surface area contributed by atoms with Gasteiger partial charge in [-0.25, -0.2) is 9.79 Å². The summed E-state index contributed by atoms with van der Waals surface area (Å²) in [5.74, 6) is -1.09. The van der Waals surface area contributed by atoms with E-state index >= 15 is 0 Å². The van der Waals surface area contributed by atoms with Gasteiger partial charge in [0.1, 0.15) is 0 Å². The summed E-state index contributed by atoms with van der Waals surface area (Å²) in [5, 5.41) is 9.17. The van der Waals surface area contributed by atoms with Crippen LogP contribution in [0.1, 0.15) is 26.3 Å². The lowest BCUT2D eigenvalue weighted by Crippen LogP contribution is -2.21. The Morgan fingerprint density at radius 3 is 2.21 bits per heavy atom. The predicted molar refractivity (Wildman–Crippen MR) is 77.6 cm³/mol. The van der Waals surface area contributed by atoms with Gasteiger partial charge in [-0.1, -0.05) is 38.5 Å². The molecule has 0 unspecified atom stereocenters. The van der Waals surface area contributed by atoms with Gasteiger partial charge >= 0.3 is 5.97 Å². The summed E-state index contributed by atoms with van der Waals surface area (Å²) in [6.07, 6.45) is 1.42. The van der Waals surface area contributed by atoms with E-state index in [4.69, 9.17) is 5.73 Å². The number of benzene rings is 1. The molecule has 19 heavy (non-hydrogen) atoms. The van der Waals surface area contributed by atoms with Gasteiger partial charge in [-0.3, -0.25) is 0 Å². The van der Waals surface area contributed by atoms with E-state index in [1.54, 1.807) is 12.1 Å². The zero-order chi connectivity index (χ0) is 14.6. The molecule has 0 aliphatic carbocycles.